The van der Waals surface area contributed by atoms with Gasteiger partial charge in [-0.05, 0) is 51.4 Å². The first-order valence-electron chi connectivity index (χ1n) is 23.0. The molecule has 6 atom stereocenters. The zero-order chi connectivity index (χ0) is 43.4. The molecule has 1 rings (SSSR count). The van der Waals surface area contributed by atoms with Crippen LogP contribution in [0.5, 0.6) is 0 Å². The van der Waals surface area contributed by atoms with Gasteiger partial charge in [-0.1, -0.05) is 165 Å². The van der Waals surface area contributed by atoms with Crippen LogP contribution in [-0.4, -0.2) is 98.9 Å². The number of carbonyl (C=O) groups excluding carboxylic acids is 1. The van der Waals surface area contributed by atoms with Gasteiger partial charge >= 0.3 is 13.8 Å². The minimum Gasteiger partial charge on any atom is -0.457 e. The highest BCUT2D eigenvalue weighted by Gasteiger charge is 2.51. The molecule has 59 heavy (non-hydrogen) atoms. The van der Waals surface area contributed by atoms with E-state index in [9.17, 15) is 39.8 Å². The van der Waals surface area contributed by atoms with E-state index in [0.717, 1.165) is 70.6 Å². The fraction of sp³-hybridized carbons (Fsp3) is 0.804. The van der Waals surface area contributed by atoms with E-state index in [1.807, 2.05) is 0 Å². The van der Waals surface area contributed by atoms with Crippen LogP contribution in [-0.2, 0) is 27.9 Å². The van der Waals surface area contributed by atoms with Crippen molar-refractivity contribution in [2.24, 2.45) is 0 Å². The Labute approximate surface area is 356 Å². The van der Waals surface area contributed by atoms with Crippen LogP contribution in [0.15, 0.2) is 48.6 Å². The molecule has 6 unspecified atom stereocenters. The quantitative estimate of drug-likeness (QED) is 0.0150. The summed E-state index contributed by atoms with van der Waals surface area (Å²) in [5.74, 6) is -0.484. The molecule has 1 aliphatic carbocycles. The summed E-state index contributed by atoms with van der Waals surface area (Å²) in [5, 5.41) is 50.1. The third-order valence-corrected chi connectivity index (χ3v) is 11.5. The average molecular weight is 859 g/mol. The molecule has 1 aliphatic rings. The van der Waals surface area contributed by atoms with E-state index in [1.54, 1.807) is 0 Å². The van der Waals surface area contributed by atoms with Crippen molar-refractivity contribution in [3.05, 3.63) is 48.6 Å². The second-order valence-corrected chi connectivity index (χ2v) is 17.3. The number of unbranched alkanes of at least 4 members (excludes halogenated alkanes) is 18. The highest BCUT2D eigenvalue weighted by molar-refractivity contribution is 7.47. The Bertz CT molecular complexity index is 1160. The van der Waals surface area contributed by atoms with E-state index in [-0.39, 0.29) is 13.0 Å². The number of carbonyl (C=O) groups is 1. The number of phosphoric acid groups is 1. The molecule has 1 fully saturated rings. The van der Waals surface area contributed by atoms with Gasteiger partial charge in [0.05, 0.1) is 13.2 Å². The van der Waals surface area contributed by atoms with Crippen molar-refractivity contribution in [1.29, 1.82) is 0 Å². The van der Waals surface area contributed by atoms with Crippen molar-refractivity contribution in [3.63, 3.8) is 0 Å². The van der Waals surface area contributed by atoms with Crippen LogP contribution in [0.1, 0.15) is 174 Å². The molecule has 0 bridgehead atoms. The van der Waals surface area contributed by atoms with Crippen LogP contribution in [0.3, 0.4) is 0 Å². The molecule has 0 aromatic rings. The number of rotatable bonds is 38. The molecule has 0 aromatic heterocycles. The molecule has 0 spiro atoms. The van der Waals surface area contributed by atoms with Gasteiger partial charge in [-0.3, -0.25) is 13.8 Å². The molecule has 13 heteroatoms. The van der Waals surface area contributed by atoms with Crippen LogP contribution in [0, 0.1) is 0 Å². The molecule has 0 radical (unpaired) electrons. The zero-order valence-electron chi connectivity index (χ0n) is 36.5. The molecule has 1 saturated carbocycles. The van der Waals surface area contributed by atoms with Crippen LogP contribution in [0.4, 0.5) is 0 Å². The predicted octanol–water partition coefficient (Wildman–Crippen LogP) is 9.25. The standard InChI is InChI=1S/C46H83O12P/c1-3-5-7-9-11-13-14-15-16-17-18-19-20-21-22-23-24-25-26-27-28-30-32-34-36-55-37-39(57-40(47)35-33-31-29-12-10-8-6-4-2)38-56-59(53,54)58-46-44(51)42(49)41(48)43(50)45(46)52/h5,7,11,13,15-16,18-19,39,41-46,48-52H,3-4,6,8-10,12,14,17,20-38H2,1-2H3,(H,53,54)/b7-5-,13-11-,16-15-,19-18-. The lowest BCUT2D eigenvalue weighted by molar-refractivity contribution is -0.220. The van der Waals surface area contributed by atoms with E-state index in [1.165, 1.54) is 77.0 Å². The van der Waals surface area contributed by atoms with Crippen molar-refractivity contribution in [2.45, 2.75) is 217 Å². The number of hydrogen-bond acceptors (Lipinski definition) is 11. The first-order valence-corrected chi connectivity index (χ1v) is 24.5. The molecule has 0 amide bonds. The van der Waals surface area contributed by atoms with Crippen LogP contribution >= 0.6 is 7.82 Å². The Kier molecular flexibility index (Phi) is 34.6. The Morgan fingerprint density at radius 1 is 0.559 bits per heavy atom. The molecular weight excluding hydrogens is 775 g/mol. The van der Waals surface area contributed by atoms with Gasteiger partial charge in [0.1, 0.15) is 42.7 Å². The molecule has 0 aromatic carbocycles. The molecule has 12 nitrogen and oxygen atoms in total. The van der Waals surface area contributed by atoms with Crippen molar-refractivity contribution < 1.29 is 58.3 Å². The normalized spacial score (nSPS) is 22.9. The summed E-state index contributed by atoms with van der Waals surface area (Å²) in [7, 11) is -5.01. The van der Waals surface area contributed by atoms with Crippen molar-refractivity contribution >= 4 is 13.8 Å². The minimum absolute atomic E-state index is 0.0785. The van der Waals surface area contributed by atoms with E-state index in [2.05, 4.69) is 62.5 Å². The first-order chi connectivity index (χ1) is 28.5. The summed E-state index contributed by atoms with van der Waals surface area (Å²) in [6.07, 6.45) is 32.1. The summed E-state index contributed by atoms with van der Waals surface area (Å²) in [6.45, 7) is 4.09. The van der Waals surface area contributed by atoms with Gasteiger partial charge < -0.3 is 39.9 Å². The smallest absolute Gasteiger partial charge is 0.457 e. The summed E-state index contributed by atoms with van der Waals surface area (Å²) >= 11 is 0. The number of phosphoric ester groups is 1. The molecule has 0 heterocycles. The number of allylic oxidation sites excluding steroid dienone is 8. The second-order valence-electron chi connectivity index (χ2n) is 15.9. The number of aliphatic hydroxyl groups is 5. The molecule has 344 valence electrons. The summed E-state index contributed by atoms with van der Waals surface area (Å²) in [6, 6.07) is 0. The van der Waals surface area contributed by atoms with E-state index < -0.39 is 63.1 Å². The third kappa shape index (κ3) is 29.3. The van der Waals surface area contributed by atoms with Crippen LogP contribution in [0.2, 0.25) is 0 Å². The summed E-state index contributed by atoms with van der Waals surface area (Å²) in [5.41, 5.74) is 0. The maximum absolute atomic E-state index is 12.8. The van der Waals surface area contributed by atoms with E-state index in [0.29, 0.717) is 13.0 Å². The molecule has 0 aliphatic heterocycles. The lowest BCUT2D eigenvalue weighted by Crippen LogP contribution is -2.64. The van der Waals surface area contributed by atoms with Crippen molar-refractivity contribution in [1.82, 2.24) is 0 Å². The SMILES string of the molecule is CC/C=C\C/C=C\C/C=C\C/C=C\CCCCCCCCCCCCCOCC(COP(=O)(O)OC1C(O)C(O)C(O)C(O)C1O)OC(=O)CCCCCCCCCC. The highest BCUT2D eigenvalue weighted by Crippen LogP contribution is 2.47. The lowest BCUT2D eigenvalue weighted by Gasteiger charge is -2.41. The van der Waals surface area contributed by atoms with Crippen molar-refractivity contribution in [2.75, 3.05) is 19.8 Å². The molecular formula is C46H83O12P. The summed E-state index contributed by atoms with van der Waals surface area (Å²) < 4.78 is 34.1. The lowest BCUT2D eigenvalue weighted by atomic mass is 9.85. The van der Waals surface area contributed by atoms with Crippen LogP contribution in [0.25, 0.3) is 0 Å². The maximum Gasteiger partial charge on any atom is 0.472 e. The maximum atomic E-state index is 12.8. The Morgan fingerprint density at radius 3 is 1.53 bits per heavy atom. The third-order valence-electron chi connectivity index (χ3n) is 10.5. The fourth-order valence-corrected chi connectivity index (χ4v) is 7.79. The summed E-state index contributed by atoms with van der Waals surface area (Å²) in [4.78, 5) is 23.0. The predicted molar refractivity (Wildman–Crippen MR) is 235 cm³/mol. The van der Waals surface area contributed by atoms with E-state index >= 15 is 0 Å². The number of esters is 1. The van der Waals surface area contributed by atoms with Gasteiger partial charge in [-0.25, -0.2) is 4.57 Å². The van der Waals surface area contributed by atoms with Gasteiger partial charge in [0.15, 0.2) is 0 Å². The van der Waals surface area contributed by atoms with Crippen molar-refractivity contribution in [3.8, 4) is 0 Å². The minimum atomic E-state index is -5.01. The van der Waals surface area contributed by atoms with Gasteiger partial charge in [0, 0.05) is 13.0 Å². The Balaban J connectivity index is 2.28. The molecule has 0 saturated heterocycles. The molecule has 6 N–H and O–H groups in total. The van der Waals surface area contributed by atoms with Gasteiger partial charge in [0.2, 0.25) is 0 Å². The van der Waals surface area contributed by atoms with E-state index in [4.69, 9.17) is 18.5 Å². The number of ether oxygens (including phenoxy) is 2. The number of aliphatic hydroxyl groups excluding tert-OH is 5. The average Bonchev–Trinajstić information content (AvgIpc) is 3.22. The monoisotopic (exact) mass is 859 g/mol. The van der Waals surface area contributed by atoms with Gasteiger partial charge in [0.25, 0.3) is 0 Å². The highest BCUT2D eigenvalue weighted by atomic mass is 31.2. The second kappa shape index (κ2) is 36.9. The Hall–Kier alpha value is -1.70. The fourth-order valence-electron chi connectivity index (χ4n) is 6.82. The van der Waals surface area contributed by atoms with Crippen LogP contribution < -0.4 is 0 Å². The topological polar surface area (TPSA) is 192 Å². The van der Waals surface area contributed by atoms with Gasteiger partial charge in [-0.15, -0.1) is 0 Å². The zero-order valence-corrected chi connectivity index (χ0v) is 37.4. The largest absolute Gasteiger partial charge is 0.472 e. The Morgan fingerprint density at radius 2 is 1.00 bits per heavy atom. The van der Waals surface area contributed by atoms with Gasteiger partial charge in [-0.2, -0.15) is 0 Å². The first kappa shape index (κ1) is 55.3. The number of hydrogen-bond donors (Lipinski definition) is 6.